The topological polar surface area (TPSA) is 66.8 Å². The Hall–Kier alpha value is -1.13. The molecule has 7 unspecified atom stereocenters. The molecule has 2 aliphatic rings. The highest BCUT2D eigenvalue weighted by Gasteiger charge is 2.56. The lowest BCUT2D eigenvalue weighted by Crippen LogP contribution is -2.59. The van der Waals surface area contributed by atoms with Crippen LogP contribution in [0.3, 0.4) is 0 Å². The first-order valence-corrected chi connectivity index (χ1v) is 8.97. The SMILES string of the molecule is C=C(C)C1CC2(C)C(C)CC(O)CC2C(OC(=O)C(C)=CC)C1O. The molecular formula is C20H32O4. The lowest BCUT2D eigenvalue weighted by atomic mass is 9.51. The van der Waals surface area contributed by atoms with Gasteiger partial charge in [0.25, 0.3) is 0 Å². The first-order chi connectivity index (χ1) is 11.1. The highest BCUT2D eigenvalue weighted by Crippen LogP contribution is 2.56. The van der Waals surface area contributed by atoms with Crippen molar-refractivity contribution in [3.63, 3.8) is 0 Å². The Morgan fingerprint density at radius 1 is 1.29 bits per heavy atom. The number of ether oxygens (including phenoxy) is 1. The quantitative estimate of drug-likeness (QED) is 0.472. The molecule has 0 aromatic carbocycles. The predicted octanol–water partition coefficient (Wildman–Crippen LogP) is 3.23. The maximum Gasteiger partial charge on any atom is 0.333 e. The van der Waals surface area contributed by atoms with Crippen LogP contribution in [0.4, 0.5) is 0 Å². The van der Waals surface area contributed by atoms with Gasteiger partial charge in [-0.1, -0.05) is 32.1 Å². The van der Waals surface area contributed by atoms with E-state index in [0.717, 1.165) is 18.4 Å². The molecule has 2 aliphatic carbocycles. The summed E-state index contributed by atoms with van der Waals surface area (Å²) < 4.78 is 5.76. The van der Waals surface area contributed by atoms with Gasteiger partial charge in [0.05, 0.1) is 12.2 Å². The Morgan fingerprint density at radius 3 is 2.46 bits per heavy atom. The van der Waals surface area contributed by atoms with Gasteiger partial charge in [-0.05, 0) is 51.4 Å². The van der Waals surface area contributed by atoms with E-state index in [1.807, 2.05) is 6.92 Å². The van der Waals surface area contributed by atoms with Crippen molar-refractivity contribution in [3.8, 4) is 0 Å². The lowest BCUT2D eigenvalue weighted by Gasteiger charge is -2.57. The molecule has 0 heterocycles. The van der Waals surface area contributed by atoms with Gasteiger partial charge in [0.15, 0.2) is 0 Å². The number of allylic oxidation sites excluding steroid dienone is 1. The molecule has 0 radical (unpaired) electrons. The fourth-order valence-electron chi connectivity index (χ4n) is 4.58. The standard InChI is InChI=1S/C20H32O4/c1-7-12(4)19(23)24-18-16-9-14(21)8-13(5)20(16,6)10-15(11(2)3)17(18)22/h7,13-18,21-22H,2,8-10H2,1,3-6H3. The summed E-state index contributed by atoms with van der Waals surface area (Å²) in [6, 6.07) is 0. The van der Waals surface area contributed by atoms with E-state index >= 15 is 0 Å². The number of carbonyl (C=O) groups is 1. The molecule has 4 heteroatoms. The van der Waals surface area contributed by atoms with Crippen LogP contribution in [0, 0.1) is 23.2 Å². The van der Waals surface area contributed by atoms with Crippen molar-refractivity contribution >= 4 is 5.97 Å². The van der Waals surface area contributed by atoms with Gasteiger partial charge in [0.1, 0.15) is 6.10 Å². The molecule has 2 fully saturated rings. The average molecular weight is 336 g/mol. The molecule has 0 saturated heterocycles. The third kappa shape index (κ3) is 3.31. The summed E-state index contributed by atoms with van der Waals surface area (Å²) >= 11 is 0. The van der Waals surface area contributed by atoms with Crippen LogP contribution in [-0.4, -0.2) is 34.5 Å². The second kappa shape index (κ2) is 7.01. The Morgan fingerprint density at radius 2 is 1.92 bits per heavy atom. The summed E-state index contributed by atoms with van der Waals surface area (Å²) in [5.41, 5.74) is 1.37. The van der Waals surface area contributed by atoms with E-state index in [0.29, 0.717) is 17.9 Å². The number of fused-ring (bicyclic) bond motifs is 1. The van der Waals surface area contributed by atoms with Crippen LogP contribution >= 0.6 is 0 Å². The highest BCUT2D eigenvalue weighted by atomic mass is 16.6. The van der Waals surface area contributed by atoms with Crippen LogP contribution in [-0.2, 0) is 9.53 Å². The van der Waals surface area contributed by atoms with Crippen LogP contribution in [0.5, 0.6) is 0 Å². The maximum absolute atomic E-state index is 12.3. The van der Waals surface area contributed by atoms with Gasteiger partial charge in [-0.2, -0.15) is 0 Å². The van der Waals surface area contributed by atoms with Crippen molar-refractivity contribution in [3.05, 3.63) is 23.8 Å². The first-order valence-electron chi connectivity index (χ1n) is 8.97. The second-order valence-corrected chi connectivity index (χ2v) is 8.13. The fraction of sp³-hybridized carbons (Fsp3) is 0.750. The molecule has 0 bridgehead atoms. The summed E-state index contributed by atoms with van der Waals surface area (Å²) in [7, 11) is 0. The van der Waals surface area contributed by atoms with Gasteiger partial charge in [-0.15, -0.1) is 0 Å². The summed E-state index contributed by atoms with van der Waals surface area (Å²) in [6.07, 6.45) is 2.06. The lowest BCUT2D eigenvalue weighted by molar-refractivity contribution is -0.193. The minimum absolute atomic E-state index is 0.0459. The molecule has 2 rings (SSSR count). The maximum atomic E-state index is 12.3. The van der Waals surface area contributed by atoms with Crippen molar-refractivity contribution in [2.24, 2.45) is 23.2 Å². The van der Waals surface area contributed by atoms with Crippen LogP contribution in [0.15, 0.2) is 23.8 Å². The van der Waals surface area contributed by atoms with Gasteiger partial charge < -0.3 is 14.9 Å². The predicted molar refractivity (Wildman–Crippen MR) is 94.2 cm³/mol. The van der Waals surface area contributed by atoms with E-state index in [1.165, 1.54) is 0 Å². The zero-order valence-electron chi connectivity index (χ0n) is 15.6. The molecular weight excluding hydrogens is 304 g/mol. The minimum Gasteiger partial charge on any atom is -0.456 e. The van der Waals surface area contributed by atoms with E-state index in [-0.39, 0.29) is 23.2 Å². The molecule has 0 aromatic heterocycles. The Balaban J connectivity index is 2.39. The summed E-state index contributed by atoms with van der Waals surface area (Å²) in [4.78, 5) is 12.3. The van der Waals surface area contributed by atoms with E-state index < -0.39 is 18.3 Å². The van der Waals surface area contributed by atoms with E-state index in [9.17, 15) is 15.0 Å². The zero-order chi connectivity index (χ0) is 18.2. The van der Waals surface area contributed by atoms with Crippen LogP contribution < -0.4 is 0 Å². The molecule has 0 amide bonds. The summed E-state index contributed by atoms with van der Waals surface area (Å²) in [5, 5.41) is 21.1. The third-order valence-corrected chi connectivity index (χ3v) is 6.56. The van der Waals surface area contributed by atoms with Gasteiger partial charge in [-0.3, -0.25) is 0 Å². The molecule has 2 N–H and O–H groups in total. The smallest absolute Gasteiger partial charge is 0.333 e. The number of esters is 1. The van der Waals surface area contributed by atoms with Gasteiger partial charge in [0, 0.05) is 17.4 Å². The minimum atomic E-state index is -0.772. The summed E-state index contributed by atoms with van der Waals surface area (Å²) in [5.74, 6) is -0.230. The number of aliphatic hydroxyl groups excluding tert-OH is 2. The van der Waals surface area contributed by atoms with Crippen molar-refractivity contribution in [2.75, 3.05) is 0 Å². The number of aliphatic hydroxyl groups is 2. The Kier molecular flexibility index (Phi) is 5.61. The molecule has 0 spiro atoms. The van der Waals surface area contributed by atoms with Gasteiger partial charge in [-0.25, -0.2) is 4.79 Å². The normalized spacial score (nSPS) is 43.0. The fourth-order valence-corrected chi connectivity index (χ4v) is 4.58. The van der Waals surface area contributed by atoms with Crippen molar-refractivity contribution in [2.45, 2.75) is 72.2 Å². The average Bonchev–Trinajstić information content (AvgIpc) is 2.51. The number of hydrogen-bond donors (Lipinski definition) is 2. The first kappa shape index (κ1) is 19.2. The van der Waals surface area contributed by atoms with Gasteiger partial charge >= 0.3 is 5.97 Å². The van der Waals surface area contributed by atoms with Gasteiger partial charge in [0.2, 0.25) is 0 Å². The third-order valence-electron chi connectivity index (χ3n) is 6.56. The molecule has 24 heavy (non-hydrogen) atoms. The number of carbonyl (C=O) groups excluding carboxylic acids is 1. The summed E-state index contributed by atoms with van der Waals surface area (Å²) in [6.45, 7) is 13.8. The molecule has 4 nitrogen and oxygen atoms in total. The Bertz CT molecular complexity index is 538. The largest absolute Gasteiger partial charge is 0.456 e. The van der Waals surface area contributed by atoms with Crippen LogP contribution in [0.1, 0.15) is 53.9 Å². The monoisotopic (exact) mass is 336 g/mol. The van der Waals surface area contributed by atoms with Crippen molar-refractivity contribution in [1.82, 2.24) is 0 Å². The van der Waals surface area contributed by atoms with E-state index in [1.54, 1.807) is 19.9 Å². The van der Waals surface area contributed by atoms with E-state index in [2.05, 4.69) is 20.4 Å². The zero-order valence-corrected chi connectivity index (χ0v) is 15.6. The van der Waals surface area contributed by atoms with Crippen molar-refractivity contribution < 1.29 is 19.7 Å². The molecule has 0 aromatic rings. The number of hydrogen-bond acceptors (Lipinski definition) is 4. The molecule has 7 atom stereocenters. The molecule has 2 saturated carbocycles. The van der Waals surface area contributed by atoms with Crippen LogP contribution in [0.25, 0.3) is 0 Å². The van der Waals surface area contributed by atoms with Crippen LogP contribution in [0.2, 0.25) is 0 Å². The Labute approximate surface area is 145 Å². The highest BCUT2D eigenvalue weighted by molar-refractivity contribution is 5.87. The van der Waals surface area contributed by atoms with Crippen molar-refractivity contribution in [1.29, 1.82) is 0 Å². The second-order valence-electron chi connectivity index (χ2n) is 8.13. The molecule has 0 aliphatic heterocycles. The van der Waals surface area contributed by atoms with E-state index in [4.69, 9.17) is 4.74 Å². The number of rotatable bonds is 3. The molecule has 136 valence electrons.